The second kappa shape index (κ2) is 4.80. The Balaban J connectivity index is 2.26. The van der Waals surface area contributed by atoms with Crippen molar-refractivity contribution in [1.29, 1.82) is 0 Å². The molecule has 0 saturated heterocycles. The summed E-state index contributed by atoms with van der Waals surface area (Å²) in [6.07, 6.45) is -5.43. The van der Waals surface area contributed by atoms with Gasteiger partial charge in [0.1, 0.15) is 0 Å². The van der Waals surface area contributed by atoms with E-state index in [1.54, 1.807) is 24.3 Å². The van der Waals surface area contributed by atoms with Crippen LogP contribution in [0.15, 0.2) is 48.5 Å². The van der Waals surface area contributed by atoms with E-state index in [4.69, 9.17) is 0 Å². The molecule has 0 N–H and O–H groups in total. The van der Waals surface area contributed by atoms with Gasteiger partial charge in [-0.2, -0.15) is 17.6 Å². The minimum absolute atomic E-state index is 0.143. The third-order valence-electron chi connectivity index (χ3n) is 3.04. The van der Waals surface area contributed by atoms with Crippen LogP contribution in [0.4, 0.5) is 17.6 Å². The number of aromatic nitrogens is 2. The lowest BCUT2D eigenvalue weighted by Crippen LogP contribution is -2.05. The molecule has 106 valence electrons. The summed E-state index contributed by atoms with van der Waals surface area (Å²) >= 11 is 0. The van der Waals surface area contributed by atoms with Gasteiger partial charge in [0, 0.05) is 10.9 Å². The highest BCUT2D eigenvalue weighted by molar-refractivity contribution is 5.92. The molecule has 3 aromatic rings. The van der Waals surface area contributed by atoms with E-state index < -0.39 is 17.8 Å². The van der Waals surface area contributed by atoms with Crippen molar-refractivity contribution in [3.05, 3.63) is 60.2 Å². The lowest BCUT2D eigenvalue weighted by molar-refractivity contribution is -0.137. The van der Waals surface area contributed by atoms with Gasteiger partial charge in [0.05, 0.1) is 16.8 Å². The third-order valence-corrected chi connectivity index (χ3v) is 3.04. The van der Waals surface area contributed by atoms with E-state index in [1.165, 1.54) is 12.1 Å². The largest absolute Gasteiger partial charge is 0.416 e. The molecule has 0 aliphatic carbocycles. The summed E-state index contributed by atoms with van der Waals surface area (Å²) in [4.78, 5) is 7.28. The van der Waals surface area contributed by atoms with Gasteiger partial charge in [-0.15, -0.1) is 0 Å². The van der Waals surface area contributed by atoms with Gasteiger partial charge in [-0.25, -0.2) is 9.97 Å². The van der Waals surface area contributed by atoms with Crippen LogP contribution >= 0.6 is 0 Å². The molecule has 0 radical (unpaired) electrons. The second-order valence-electron chi connectivity index (χ2n) is 4.44. The molecule has 2 nitrogen and oxygen atoms in total. The lowest BCUT2D eigenvalue weighted by atomic mass is 10.0. The van der Waals surface area contributed by atoms with E-state index in [2.05, 4.69) is 9.97 Å². The topological polar surface area (TPSA) is 25.8 Å². The first kappa shape index (κ1) is 13.5. The van der Waals surface area contributed by atoms with Gasteiger partial charge >= 0.3 is 12.3 Å². The van der Waals surface area contributed by atoms with Crippen molar-refractivity contribution in [3.63, 3.8) is 0 Å². The molecule has 0 spiro atoms. The summed E-state index contributed by atoms with van der Waals surface area (Å²) in [5, 5.41) is 0.498. The van der Waals surface area contributed by atoms with Crippen molar-refractivity contribution in [2.45, 2.75) is 6.18 Å². The number of para-hydroxylation sites is 1. The summed E-state index contributed by atoms with van der Waals surface area (Å²) in [5.74, 6) is 0. The molecular formula is C15H8F4N2. The number of alkyl halides is 3. The first-order chi connectivity index (χ1) is 9.95. The first-order valence-electron chi connectivity index (χ1n) is 6.05. The molecule has 0 fully saturated rings. The highest BCUT2D eigenvalue weighted by Gasteiger charge is 2.30. The minimum atomic E-state index is -4.46. The van der Waals surface area contributed by atoms with Crippen molar-refractivity contribution >= 4 is 10.9 Å². The summed E-state index contributed by atoms with van der Waals surface area (Å²) in [6, 6.07) is 11.2. The molecule has 0 unspecified atom stereocenters. The number of halogens is 4. The standard InChI is InChI=1S/C15H8F4N2/c16-14-20-12-7-2-1-6-11(12)13(21-14)9-4-3-5-10(8-9)15(17,18)19/h1-8H. The maximum absolute atomic E-state index is 13.5. The van der Waals surface area contributed by atoms with E-state index in [-0.39, 0.29) is 11.3 Å². The average Bonchev–Trinajstić information content (AvgIpc) is 2.45. The second-order valence-corrected chi connectivity index (χ2v) is 4.44. The van der Waals surface area contributed by atoms with Crippen LogP contribution in [0.1, 0.15) is 5.56 Å². The average molecular weight is 292 g/mol. The highest BCUT2D eigenvalue weighted by atomic mass is 19.4. The zero-order valence-electron chi connectivity index (χ0n) is 10.5. The summed E-state index contributed by atoms with van der Waals surface area (Å²) < 4.78 is 51.8. The fraction of sp³-hybridized carbons (Fsp3) is 0.0667. The van der Waals surface area contributed by atoms with Crippen LogP contribution in [0.25, 0.3) is 22.2 Å². The molecular weight excluding hydrogens is 284 g/mol. The van der Waals surface area contributed by atoms with Gasteiger partial charge in [-0.05, 0) is 18.2 Å². The highest BCUT2D eigenvalue weighted by Crippen LogP contribution is 2.33. The summed E-state index contributed by atoms with van der Waals surface area (Å²) in [7, 11) is 0. The van der Waals surface area contributed by atoms with E-state index in [0.29, 0.717) is 10.9 Å². The number of rotatable bonds is 1. The summed E-state index contributed by atoms with van der Waals surface area (Å²) in [6.45, 7) is 0. The molecule has 1 aromatic heterocycles. The molecule has 2 aromatic carbocycles. The Hall–Kier alpha value is -2.50. The van der Waals surface area contributed by atoms with E-state index in [9.17, 15) is 17.6 Å². The molecule has 0 amide bonds. The van der Waals surface area contributed by atoms with E-state index in [0.717, 1.165) is 12.1 Å². The number of fused-ring (bicyclic) bond motifs is 1. The summed E-state index contributed by atoms with van der Waals surface area (Å²) in [5.41, 5.74) is -0.118. The number of nitrogens with zero attached hydrogens (tertiary/aromatic N) is 2. The number of hydrogen-bond donors (Lipinski definition) is 0. The van der Waals surface area contributed by atoms with Crippen molar-refractivity contribution < 1.29 is 17.6 Å². The van der Waals surface area contributed by atoms with Crippen LogP contribution in [-0.4, -0.2) is 9.97 Å². The smallest absolute Gasteiger partial charge is 0.202 e. The van der Waals surface area contributed by atoms with Gasteiger partial charge in [0.15, 0.2) is 0 Å². The maximum Gasteiger partial charge on any atom is 0.416 e. The fourth-order valence-corrected chi connectivity index (χ4v) is 2.11. The van der Waals surface area contributed by atoms with Crippen molar-refractivity contribution in [3.8, 4) is 11.3 Å². The van der Waals surface area contributed by atoms with Crippen LogP contribution in [-0.2, 0) is 6.18 Å². The Morgan fingerprint density at radius 1 is 0.857 bits per heavy atom. The zero-order chi connectivity index (χ0) is 15.0. The predicted molar refractivity (Wildman–Crippen MR) is 69.9 cm³/mol. The molecule has 0 saturated carbocycles. The Morgan fingerprint density at radius 3 is 2.38 bits per heavy atom. The fourth-order valence-electron chi connectivity index (χ4n) is 2.11. The quantitative estimate of drug-likeness (QED) is 0.489. The third kappa shape index (κ3) is 2.56. The van der Waals surface area contributed by atoms with Crippen molar-refractivity contribution in [1.82, 2.24) is 9.97 Å². The Labute approximate surface area is 117 Å². The van der Waals surface area contributed by atoms with E-state index >= 15 is 0 Å². The van der Waals surface area contributed by atoms with Crippen LogP contribution in [0.5, 0.6) is 0 Å². The van der Waals surface area contributed by atoms with Gasteiger partial charge in [0.25, 0.3) is 0 Å². The van der Waals surface area contributed by atoms with Gasteiger partial charge in [-0.3, -0.25) is 0 Å². The molecule has 0 bridgehead atoms. The van der Waals surface area contributed by atoms with Crippen LogP contribution < -0.4 is 0 Å². The molecule has 21 heavy (non-hydrogen) atoms. The molecule has 0 atom stereocenters. The van der Waals surface area contributed by atoms with Crippen LogP contribution in [0.3, 0.4) is 0 Å². The van der Waals surface area contributed by atoms with Gasteiger partial charge < -0.3 is 0 Å². The van der Waals surface area contributed by atoms with Crippen molar-refractivity contribution in [2.75, 3.05) is 0 Å². The SMILES string of the molecule is Fc1nc(-c2cccc(C(F)(F)F)c2)c2ccccc2n1. The monoisotopic (exact) mass is 292 g/mol. The Morgan fingerprint density at radius 2 is 1.62 bits per heavy atom. The van der Waals surface area contributed by atoms with Gasteiger partial charge in [-0.1, -0.05) is 30.3 Å². The van der Waals surface area contributed by atoms with Crippen molar-refractivity contribution in [2.24, 2.45) is 0 Å². The first-order valence-corrected chi connectivity index (χ1v) is 6.05. The molecule has 3 rings (SSSR count). The molecule has 1 heterocycles. The zero-order valence-corrected chi connectivity index (χ0v) is 10.5. The normalized spacial score (nSPS) is 11.8. The number of hydrogen-bond acceptors (Lipinski definition) is 2. The maximum atomic E-state index is 13.5. The van der Waals surface area contributed by atoms with E-state index in [1.807, 2.05) is 0 Å². The van der Waals surface area contributed by atoms with Gasteiger partial charge in [0.2, 0.25) is 0 Å². The minimum Gasteiger partial charge on any atom is -0.202 e. The Bertz CT molecular complexity index is 812. The lowest BCUT2D eigenvalue weighted by Gasteiger charge is -2.10. The molecule has 0 aliphatic heterocycles. The van der Waals surface area contributed by atoms with Crippen LogP contribution in [0, 0.1) is 6.08 Å². The van der Waals surface area contributed by atoms with Crippen LogP contribution in [0.2, 0.25) is 0 Å². The molecule has 6 heteroatoms. The Kier molecular flexibility index (Phi) is 3.08. The number of benzene rings is 2. The molecule has 0 aliphatic rings. The predicted octanol–water partition coefficient (Wildman–Crippen LogP) is 4.45.